The fourth-order valence-corrected chi connectivity index (χ4v) is 2.46. The largest absolute Gasteiger partial charge is 0.467 e. The van der Waals surface area contributed by atoms with Crippen LogP contribution in [0.2, 0.25) is 0 Å². The Morgan fingerprint density at radius 2 is 1.70 bits per heavy atom. The van der Waals surface area contributed by atoms with Crippen LogP contribution in [0.25, 0.3) is 0 Å². The van der Waals surface area contributed by atoms with E-state index >= 15 is 0 Å². The average Bonchev–Trinajstić information content (AvgIpc) is 2.69. The summed E-state index contributed by atoms with van der Waals surface area (Å²) in [5.41, 5.74) is 8.48. The van der Waals surface area contributed by atoms with E-state index in [0.29, 0.717) is 5.95 Å². The van der Waals surface area contributed by atoms with Crippen LogP contribution in [0, 0.1) is 0 Å². The molecule has 0 fully saturated rings. The molecule has 0 bridgehead atoms. The third kappa shape index (κ3) is 2.49. The lowest BCUT2D eigenvalue weighted by atomic mass is 10.0. The van der Waals surface area contributed by atoms with Crippen molar-refractivity contribution in [2.75, 3.05) is 30.8 Å². The predicted molar refractivity (Wildman–Crippen MR) is 76.9 cm³/mol. The Labute approximate surface area is 117 Å². The van der Waals surface area contributed by atoms with Crippen molar-refractivity contribution < 1.29 is 4.74 Å². The Morgan fingerprint density at radius 3 is 2.30 bits per heavy atom. The Morgan fingerprint density at radius 1 is 1.05 bits per heavy atom. The quantitative estimate of drug-likeness (QED) is 0.880. The number of methoxy groups -OCH3 is 1. The first-order valence-corrected chi connectivity index (χ1v) is 6.63. The van der Waals surface area contributed by atoms with Crippen molar-refractivity contribution in [1.82, 2.24) is 15.0 Å². The minimum Gasteiger partial charge on any atom is -0.467 e. The molecule has 0 unspecified atom stereocenters. The van der Waals surface area contributed by atoms with Gasteiger partial charge in [0.05, 0.1) is 7.11 Å². The van der Waals surface area contributed by atoms with E-state index in [1.165, 1.54) is 18.2 Å². The van der Waals surface area contributed by atoms with Gasteiger partial charge in [-0.25, -0.2) is 0 Å². The first kappa shape index (κ1) is 12.7. The van der Waals surface area contributed by atoms with Crippen LogP contribution in [0.5, 0.6) is 6.01 Å². The second kappa shape index (κ2) is 5.32. The van der Waals surface area contributed by atoms with Crippen LogP contribution < -0.4 is 15.4 Å². The number of nitrogens with two attached hydrogens (primary N) is 1. The summed E-state index contributed by atoms with van der Waals surface area (Å²) in [6.45, 7) is 1.73. The molecule has 20 heavy (non-hydrogen) atoms. The summed E-state index contributed by atoms with van der Waals surface area (Å²) in [6, 6.07) is 8.79. The first-order chi connectivity index (χ1) is 9.76. The highest BCUT2D eigenvalue weighted by Gasteiger charge is 2.17. The van der Waals surface area contributed by atoms with E-state index in [-0.39, 0.29) is 12.0 Å². The molecule has 2 aromatic rings. The van der Waals surface area contributed by atoms with Gasteiger partial charge >= 0.3 is 6.01 Å². The maximum Gasteiger partial charge on any atom is 0.322 e. The molecule has 1 aliphatic rings. The number of benzene rings is 1. The highest BCUT2D eigenvalue weighted by molar-refractivity contribution is 5.39. The number of aromatic nitrogens is 3. The monoisotopic (exact) mass is 271 g/mol. The third-order valence-corrected chi connectivity index (χ3v) is 3.51. The van der Waals surface area contributed by atoms with Gasteiger partial charge in [-0.2, -0.15) is 15.0 Å². The van der Waals surface area contributed by atoms with E-state index in [4.69, 9.17) is 10.5 Å². The molecule has 1 aromatic heterocycles. The van der Waals surface area contributed by atoms with Gasteiger partial charge in [-0.3, -0.25) is 0 Å². The number of hydrogen-bond acceptors (Lipinski definition) is 6. The van der Waals surface area contributed by atoms with Crippen LogP contribution in [0.1, 0.15) is 11.1 Å². The number of nitrogen functional groups attached to an aromatic ring is 1. The molecule has 1 aromatic carbocycles. The Bertz CT molecular complexity index is 589. The summed E-state index contributed by atoms with van der Waals surface area (Å²) in [4.78, 5) is 14.5. The molecule has 6 nitrogen and oxygen atoms in total. The lowest BCUT2D eigenvalue weighted by molar-refractivity contribution is 0.379. The standard InChI is InChI=1S/C14H17N5O/c1-20-14-17-12(15)16-13(18-14)19-8-6-10-4-2-3-5-11(10)7-9-19/h2-5H,6-9H2,1H3,(H2,15,16,17,18). The summed E-state index contributed by atoms with van der Waals surface area (Å²) in [5, 5.41) is 0. The summed E-state index contributed by atoms with van der Waals surface area (Å²) in [5.74, 6) is 0.774. The van der Waals surface area contributed by atoms with Crippen LogP contribution in [-0.2, 0) is 12.8 Å². The zero-order chi connectivity index (χ0) is 13.9. The molecule has 0 radical (unpaired) electrons. The minimum atomic E-state index is 0.189. The average molecular weight is 271 g/mol. The molecular weight excluding hydrogens is 254 g/mol. The van der Waals surface area contributed by atoms with Crippen LogP contribution in [0.4, 0.5) is 11.9 Å². The number of anilines is 2. The molecule has 6 heteroatoms. The SMILES string of the molecule is COc1nc(N)nc(N2CCc3ccccc3CC2)n1. The lowest BCUT2D eigenvalue weighted by Gasteiger charge is -2.20. The van der Waals surface area contributed by atoms with Gasteiger partial charge in [-0.1, -0.05) is 24.3 Å². The molecule has 0 amide bonds. The van der Waals surface area contributed by atoms with Gasteiger partial charge in [0.2, 0.25) is 11.9 Å². The maximum atomic E-state index is 5.70. The normalized spacial score (nSPS) is 14.6. The molecule has 0 spiro atoms. The fourth-order valence-electron chi connectivity index (χ4n) is 2.46. The minimum absolute atomic E-state index is 0.189. The molecule has 104 valence electrons. The van der Waals surface area contributed by atoms with Gasteiger partial charge in [-0.15, -0.1) is 0 Å². The van der Waals surface area contributed by atoms with Crippen molar-refractivity contribution in [1.29, 1.82) is 0 Å². The second-order valence-electron chi connectivity index (χ2n) is 4.74. The van der Waals surface area contributed by atoms with Gasteiger partial charge < -0.3 is 15.4 Å². The highest BCUT2D eigenvalue weighted by Crippen LogP contribution is 2.19. The molecule has 2 heterocycles. The topological polar surface area (TPSA) is 77.2 Å². The van der Waals surface area contributed by atoms with Gasteiger partial charge in [-0.05, 0) is 24.0 Å². The van der Waals surface area contributed by atoms with Crippen LogP contribution in [0.3, 0.4) is 0 Å². The number of fused-ring (bicyclic) bond motifs is 1. The van der Waals surface area contributed by atoms with Crippen molar-refractivity contribution >= 4 is 11.9 Å². The molecular formula is C14H17N5O. The predicted octanol–water partition coefficient (Wildman–Crippen LogP) is 1.07. The van der Waals surface area contributed by atoms with Crippen molar-refractivity contribution in [3.63, 3.8) is 0 Å². The van der Waals surface area contributed by atoms with Crippen molar-refractivity contribution in [2.24, 2.45) is 0 Å². The van der Waals surface area contributed by atoms with Gasteiger partial charge in [0.25, 0.3) is 0 Å². The number of hydrogen-bond donors (Lipinski definition) is 1. The van der Waals surface area contributed by atoms with Crippen molar-refractivity contribution in [3.05, 3.63) is 35.4 Å². The van der Waals surface area contributed by atoms with Crippen LogP contribution in [0.15, 0.2) is 24.3 Å². The number of ether oxygens (including phenoxy) is 1. The molecule has 0 atom stereocenters. The Balaban J connectivity index is 1.85. The summed E-state index contributed by atoms with van der Waals surface area (Å²) in [6.07, 6.45) is 1.95. The smallest absolute Gasteiger partial charge is 0.322 e. The lowest BCUT2D eigenvalue weighted by Crippen LogP contribution is -2.28. The Kier molecular flexibility index (Phi) is 3.37. The van der Waals surface area contributed by atoms with E-state index in [1.807, 2.05) is 0 Å². The first-order valence-electron chi connectivity index (χ1n) is 6.63. The molecule has 0 saturated carbocycles. The molecule has 1 aliphatic heterocycles. The second-order valence-corrected chi connectivity index (χ2v) is 4.74. The van der Waals surface area contributed by atoms with Crippen LogP contribution in [-0.4, -0.2) is 35.2 Å². The van der Waals surface area contributed by atoms with E-state index in [9.17, 15) is 0 Å². The van der Waals surface area contributed by atoms with Gasteiger partial charge in [0, 0.05) is 13.1 Å². The molecule has 0 aliphatic carbocycles. The van der Waals surface area contributed by atoms with E-state index in [1.54, 1.807) is 0 Å². The summed E-state index contributed by atoms with van der Waals surface area (Å²) >= 11 is 0. The molecule has 2 N–H and O–H groups in total. The third-order valence-electron chi connectivity index (χ3n) is 3.51. The number of rotatable bonds is 2. The fraction of sp³-hybridized carbons (Fsp3) is 0.357. The van der Waals surface area contributed by atoms with Crippen molar-refractivity contribution in [3.8, 4) is 6.01 Å². The zero-order valence-corrected chi connectivity index (χ0v) is 11.4. The van der Waals surface area contributed by atoms with Gasteiger partial charge in [0.1, 0.15) is 0 Å². The highest BCUT2D eigenvalue weighted by atomic mass is 16.5. The van der Waals surface area contributed by atoms with E-state index in [2.05, 4.69) is 44.1 Å². The van der Waals surface area contributed by atoms with E-state index in [0.717, 1.165) is 25.9 Å². The summed E-state index contributed by atoms with van der Waals surface area (Å²) < 4.78 is 5.05. The summed E-state index contributed by atoms with van der Waals surface area (Å²) in [7, 11) is 1.52. The Hall–Kier alpha value is -2.37. The van der Waals surface area contributed by atoms with E-state index < -0.39 is 0 Å². The zero-order valence-electron chi connectivity index (χ0n) is 11.4. The van der Waals surface area contributed by atoms with Crippen molar-refractivity contribution in [2.45, 2.75) is 12.8 Å². The molecule has 3 rings (SSSR count). The van der Waals surface area contributed by atoms with Crippen LogP contribution >= 0.6 is 0 Å². The van der Waals surface area contributed by atoms with Gasteiger partial charge in [0.15, 0.2) is 0 Å². The maximum absolute atomic E-state index is 5.70. The molecule has 0 saturated heterocycles. The number of nitrogens with zero attached hydrogens (tertiary/aromatic N) is 4.